The first-order valence-corrected chi connectivity index (χ1v) is 6.67. The van der Waals surface area contributed by atoms with Crippen LogP contribution in [0.1, 0.15) is 29.2 Å². The van der Waals surface area contributed by atoms with Gasteiger partial charge >= 0.3 is 0 Å². The van der Waals surface area contributed by atoms with Crippen LogP contribution in [-0.2, 0) is 4.74 Å². The maximum absolute atomic E-state index is 12.0. The lowest BCUT2D eigenvalue weighted by Gasteiger charge is -2.19. The molecule has 1 unspecified atom stereocenters. The molecule has 0 heterocycles. The number of benzene rings is 1. The Morgan fingerprint density at radius 3 is 2.25 bits per heavy atom. The monoisotopic (exact) mass is 287 g/mol. The fraction of sp³-hybridized carbons (Fsp3) is 0.600. The highest BCUT2D eigenvalue weighted by Gasteiger charge is 2.13. The fourth-order valence-electron chi connectivity index (χ4n) is 2.36. The zero-order valence-electron chi connectivity index (χ0n) is 12.5. The second kappa shape index (κ2) is 8.17. The predicted molar refractivity (Wildman–Crippen MR) is 75.7 cm³/mol. The quantitative estimate of drug-likeness (QED) is 0.745. The summed E-state index contributed by atoms with van der Waals surface area (Å²) in [5.41, 5.74) is 3.25. The largest absolute Gasteiger partial charge is 0.496 e. The van der Waals surface area contributed by atoms with Gasteiger partial charge in [0.15, 0.2) is 0 Å². The normalized spacial score (nSPS) is 12.8. The summed E-state index contributed by atoms with van der Waals surface area (Å²) in [4.78, 5) is 0. The lowest BCUT2D eigenvalue weighted by Crippen LogP contribution is -2.19. The average Bonchev–Trinajstić information content (AvgIpc) is 2.38. The smallest absolute Gasteiger partial charge is 0.261 e. The van der Waals surface area contributed by atoms with E-state index in [2.05, 4.69) is 17.4 Å². The van der Waals surface area contributed by atoms with Gasteiger partial charge in [-0.2, -0.15) is 0 Å². The summed E-state index contributed by atoms with van der Waals surface area (Å²) in [7, 11) is 3.51. The third-order valence-corrected chi connectivity index (χ3v) is 3.23. The molecule has 0 spiro atoms. The molecule has 0 fully saturated rings. The Kier molecular flexibility index (Phi) is 6.88. The molecule has 114 valence electrons. The van der Waals surface area contributed by atoms with E-state index in [4.69, 9.17) is 9.47 Å². The summed E-state index contributed by atoms with van der Waals surface area (Å²) in [6.07, 6.45) is -1.76. The van der Waals surface area contributed by atoms with Gasteiger partial charge < -0.3 is 14.8 Å². The van der Waals surface area contributed by atoms with E-state index in [1.807, 2.05) is 20.9 Å². The van der Waals surface area contributed by atoms with Crippen molar-refractivity contribution in [2.75, 3.05) is 27.4 Å². The van der Waals surface area contributed by atoms with E-state index in [1.165, 1.54) is 0 Å². The van der Waals surface area contributed by atoms with Crippen molar-refractivity contribution in [1.29, 1.82) is 0 Å². The van der Waals surface area contributed by atoms with Crippen molar-refractivity contribution in [2.45, 2.75) is 32.7 Å². The van der Waals surface area contributed by atoms with Crippen molar-refractivity contribution in [2.24, 2.45) is 0 Å². The van der Waals surface area contributed by atoms with Crippen LogP contribution in [0.4, 0.5) is 8.78 Å². The van der Waals surface area contributed by atoms with E-state index in [1.54, 1.807) is 7.11 Å². The molecular formula is C15H23F2NO2. The van der Waals surface area contributed by atoms with E-state index in [-0.39, 0.29) is 6.04 Å². The molecule has 5 heteroatoms. The lowest BCUT2D eigenvalue weighted by atomic mass is 9.98. The van der Waals surface area contributed by atoms with Gasteiger partial charge in [0.05, 0.1) is 7.11 Å². The maximum Gasteiger partial charge on any atom is 0.261 e. The molecule has 0 radical (unpaired) electrons. The van der Waals surface area contributed by atoms with E-state index < -0.39 is 13.0 Å². The first-order valence-electron chi connectivity index (χ1n) is 6.67. The number of ether oxygens (including phenoxy) is 2. The number of hydrogen-bond acceptors (Lipinski definition) is 3. The second-order valence-corrected chi connectivity index (χ2v) is 4.78. The van der Waals surface area contributed by atoms with Crippen molar-refractivity contribution < 1.29 is 18.3 Å². The zero-order chi connectivity index (χ0) is 15.1. The molecule has 0 bridgehead atoms. The van der Waals surface area contributed by atoms with Gasteiger partial charge in [-0.25, -0.2) is 8.78 Å². The summed E-state index contributed by atoms with van der Waals surface area (Å²) in [5, 5.41) is 3.19. The number of halogens is 2. The lowest BCUT2D eigenvalue weighted by molar-refractivity contribution is 0.0145. The van der Waals surface area contributed by atoms with Gasteiger partial charge in [-0.1, -0.05) is 12.1 Å². The summed E-state index contributed by atoms with van der Waals surface area (Å²) in [6, 6.07) is 4.19. The molecule has 3 nitrogen and oxygen atoms in total. The molecule has 0 saturated heterocycles. The summed E-state index contributed by atoms with van der Waals surface area (Å²) < 4.78 is 34.3. The highest BCUT2D eigenvalue weighted by molar-refractivity contribution is 5.44. The standard InChI is InChI=1S/C15H23F2NO2/c1-10-7-12(8-11(2)15(10)19-4)13(18-3)5-6-20-9-14(16)17/h7-8,13-14,18H,5-6,9H2,1-4H3. The van der Waals surface area contributed by atoms with Gasteiger partial charge in [0.2, 0.25) is 0 Å². The van der Waals surface area contributed by atoms with Crippen LogP contribution in [0.25, 0.3) is 0 Å². The van der Waals surface area contributed by atoms with Gasteiger partial charge in [0, 0.05) is 12.6 Å². The van der Waals surface area contributed by atoms with Crippen LogP contribution in [0.5, 0.6) is 5.75 Å². The second-order valence-electron chi connectivity index (χ2n) is 4.78. The van der Waals surface area contributed by atoms with Crippen molar-refractivity contribution in [3.05, 3.63) is 28.8 Å². The van der Waals surface area contributed by atoms with Crippen LogP contribution in [0.15, 0.2) is 12.1 Å². The minimum Gasteiger partial charge on any atom is -0.496 e. The number of alkyl halides is 2. The van der Waals surface area contributed by atoms with Crippen LogP contribution in [-0.4, -0.2) is 33.8 Å². The molecule has 0 aromatic heterocycles. The summed E-state index contributed by atoms with van der Waals surface area (Å²) in [5.74, 6) is 0.887. The van der Waals surface area contributed by atoms with Crippen LogP contribution in [0.3, 0.4) is 0 Å². The van der Waals surface area contributed by atoms with E-state index >= 15 is 0 Å². The van der Waals surface area contributed by atoms with Gasteiger partial charge in [-0.05, 0) is 44.0 Å². The molecular weight excluding hydrogens is 264 g/mol. The number of methoxy groups -OCH3 is 1. The van der Waals surface area contributed by atoms with Gasteiger partial charge in [-0.15, -0.1) is 0 Å². The molecule has 0 amide bonds. The minimum atomic E-state index is -2.41. The Labute approximate surface area is 119 Å². The van der Waals surface area contributed by atoms with Crippen molar-refractivity contribution in [3.8, 4) is 5.75 Å². The van der Waals surface area contributed by atoms with Crippen LogP contribution < -0.4 is 10.1 Å². The Morgan fingerprint density at radius 1 is 1.20 bits per heavy atom. The molecule has 1 N–H and O–H groups in total. The number of hydrogen-bond donors (Lipinski definition) is 1. The third-order valence-electron chi connectivity index (χ3n) is 3.23. The predicted octanol–water partition coefficient (Wildman–Crippen LogP) is 3.24. The Morgan fingerprint density at radius 2 is 1.80 bits per heavy atom. The van der Waals surface area contributed by atoms with Gasteiger partial charge in [0.1, 0.15) is 12.4 Å². The zero-order valence-corrected chi connectivity index (χ0v) is 12.5. The molecule has 20 heavy (non-hydrogen) atoms. The van der Waals surface area contributed by atoms with Crippen LogP contribution >= 0.6 is 0 Å². The Hall–Kier alpha value is -1.20. The average molecular weight is 287 g/mol. The highest BCUT2D eigenvalue weighted by atomic mass is 19.3. The topological polar surface area (TPSA) is 30.5 Å². The van der Waals surface area contributed by atoms with Gasteiger partial charge in [-0.3, -0.25) is 0 Å². The SMILES string of the molecule is CNC(CCOCC(F)F)c1cc(C)c(OC)c(C)c1. The number of rotatable bonds is 8. The molecule has 1 atom stereocenters. The Bertz CT molecular complexity index is 401. The molecule has 0 aliphatic carbocycles. The molecule has 1 aromatic carbocycles. The number of nitrogens with one attached hydrogen (secondary N) is 1. The molecule has 0 aliphatic rings. The maximum atomic E-state index is 12.0. The fourth-order valence-corrected chi connectivity index (χ4v) is 2.36. The Balaban J connectivity index is 2.70. The van der Waals surface area contributed by atoms with Crippen LogP contribution in [0.2, 0.25) is 0 Å². The molecule has 0 saturated carbocycles. The van der Waals surface area contributed by atoms with Crippen LogP contribution in [0, 0.1) is 13.8 Å². The third kappa shape index (κ3) is 4.72. The van der Waals surface area contributed by atoms with E-state index in [0.29, 0.717) is 13.0 Å². The molecule has 1 aromatic rings. The van der Waals surface area contributed by atoms with E-state index in [9.17, 15) is 8.78 Å². The highest BCUT2D eigenvalue weighted by Crippen LogP contribution is 2.28. The molecule has 1 rings (SSSR count). The first-order chi connectivity index (χ1) is 9.49. The number of aryl methyl sites for hydroxylation is 2. The van der Waals surface area contributed by atoms with Gasteiger partial charge in [0.25, 0.3) is 6.43 Å². The summed E-state index contributed by atoms with van der Waals surface area (Å²) in [6.45, 7) is 3.79. The summed E-state index contributed by atoms with van der Waals surface area (Å²) >= 11 is 0. The van der Waals surface area contributed by atoms with Crippen molar-refractivity contribution in [3.63, 3.8) is 0 Å². The minimum absolute atomic E-state index is 0.0796. The van der Waals surface area contributed by atoms with Crippen molar-refractivity contribution in [1.82, 2.24) is 5.32 Å². The van der Waals surface area contributed by atoms with E-state index in [0.717, 1.165) is 22.4 Å². The molecule has 0 aliphatic heterocycles. The first kappa shape index (κ1) is 16.9. The van der Waals surface area contributed by atoms with Crippen molar-refractivity contribution >= 4 is 0 Å².